The summed E-state index contributed by atoms with van der Waals surface area (Å²) in [6.45, 7) is 2.53. The highest BCUT2D eigenvalue weighted by Crippen LogP contribution is 2.20. The van der Waals surface area contributed by atoms with E-state index in [-0.39, 0.29) is 0 Å². The van der Waals surface area contributed by atoms with Crippen molar-refractivity contribution >= 4 is 17.0 Å². The summed E-state index contributed by atoms with van der Waals surface area (Å²) < 4.78 is 5.48. The minimum Gasteiger partial charge on any atom is -0.461 e. The van der Waals surface area contributed by atoms with Gasteiger partial charge in [-0.05, 0) is 30.7 Å². The molecule has 2 heteroatoms. The average molecular weight is 187 g/mol. The smallest absolute Gasteiger partial charge is 0.134 e. The molecule has 0 unspecified atom stereocenters. The van der Waals surface area contributed by atoms with Gasteiger partial charge in [0.05, 0.1) is 0 Å². The summed E-state index contributed by atoms with van der Waals surface area (Å²) in [5.74, 6) is 0.944. The van der Waals surface area contributed by atoms with Gasteiger partial charge in [0.25, 0.3) is 0 Å². The number of hydrogen-bond donors (Lipinski definition) is 1. The SMILES string of the molecule is Cc1cc2cc(/C=C/CN)ccc2o1. The first kappa shape index (κ1) is 9.03. The molecule has 0 fully saturated rings. The molecule has 1 heterocycles. The first-order valence-electron chi connectivity index (χ1n) is 4.66. The highest BCUT2D eigenvalue weighted by molar-refractivity contribution is 5.80. The molecule has 2 N–H and O–H groups in total. The fourth-order valence-electron chi connectivity index (χ4n) is 1.50. The summed E-state index contributed by atoms with van der Waals surface area (Å²) in [5, 5.41) is 1.14. The van der Waals surface area contributed by atoms with Crippen molar-refractivity contribution in [2.24, 2.45) is 5.73 Å². The van der Waals surface area contributed by atoms with E-state index in [1.165, 1.54) is 0 Å². The zero-order chi connectivity index (χ0) is 9.97. The van der Waals surface area contributed by atoms with Crippen molar-refractivity contribution in [3.05, 3.63) is 41.7 Å². The molecule has 0 aliphatic heterocycles. The van der Waals surface area contributed by atoms with Gasteiger partial charge in [0.15, 0.2) is 0 Å². The van der Waals surface area contributed by atoms with Crippen molar-refractivity contribution < 1.29 is 4.42 Å². The number of aryl methyl sites for hydroxylation is 1. The van der Waals surface area contributed by atoms with Crippen LogP contribution in [0.15, 0.2) is 34.8 Å². The zero-order valence-electron chi connectivity index (χ0n) is 8.16. The Hall–Kier alpha value is -1.54. The molecule has 1 aromatic heterocycles. The molecule has 0 amide bonds. The molecule has 0 aliphatic carbocycles. The van der Waals surface area contributed by atoms with Crippen LogP contribution >= 0.6 is 0 Å². The number of rotatable bonds is 2. The van der Waals surface area contributed by atoms with Gasteiger partial charge in [0.2, 0.25) is 0 Å². The topological polar surface area (TPSA) is 39.2 Å². The summed E-state index contributed by atoms with van der Waals surface area (Å²) in [5.41, 5.74) is 7.48. The van der Waals surface area contributed by atoms with Crippen molar-refractivity contribution in [2.75, 3.05) is 6.54 Å². The van der Waals surface area contributed by atoms with Crippen molar-refractivity contribution in [3.63, 3.8) is 0 Å². The van der Waals surface area contributed by atoms with Gasteiger partial charge in [-0.1, -0.05) is 18.2 Å². The van der Waals surface area contributed by atoms with Crippen LogP contribution < -0.4 is 5.73 Å². The number of nitrogens with two attached hydrogens (primary N) is 1. The van der Waals surface area contributed by atoms with E-state index in [2.05, 4.69) is 6.07 Å². The van der Waals surface area contributed by atoms with Gasteiger partial charge in [-0.2, -0.15) is 0 Å². The molecule has 0 atom stereocenters. The molecule has 72 valence electrons. The summed E-state index contributed by atoms with van der Waals surface area (Å²) >= 11 is 0. The third-order valence-electron chi connectivity index (χ3n) is 2.11. The normalized spacial score (nSPS) is 11.6. The Morgan fingerprint density at radius 1 is 1.36 bits per heavy atom. The molecule has 0 aliphatic rings. The maximum Gasteiger partial charge on any atom is 0.134 e. The fraction of sp³-hybridized carbons (Fsp3) is 0.167. The molecule has 2 aromatic rings. The van der Waals surface area contributed by atoms with E-state index < -0.39 is 0 Å². The summed E-state index contributed by atoms with van der Waals surface area (Å²) in [7, 11) is 0. The lowest BCUT2D eigenvalue weighted by Crippen LogP contribution is -1.91. The van der Waals surface area contributed by atoms with E-state index in [0.29, 0.717) is 6.54 Å². The monoisotopic (exact) mass is 187 g/mol. The largest absolute Gasteiger partial charge is 0.461 e. The van der Waals surface area contributed by atoms with Crippen LogP contribution in [0.5, 0.6) is 0 Å². The Kier molecular flexibility index (Phi) is 2.37. The van der Waals surface area contributed by atoms with Crippen LogP contribution in [0.25, 0.3) is 17.0 Å². The summed E-state index contributed by atoms with van der Waals surface area (Å²) in [6.07, 6.45) is 3.95. The quantitative estimate of drug-likeness (QED) is 0.785. The second-order valence-electron chi connectivity index (χ2n) is 3.29. The molecular weight excluding hydrogens is 174 g/mol. The van der Waals surface area contributed by atoms with E-state index in [0.717, 1.165) is 22.3 Å². The molecular formula is C12H13NO. The number of hydrogen-bond acceptors (Lipinski definition) is 2. The Balaban J connectivity index is 2.45. The maximum absolute atomic E-state index is 5.48. The molecule has 0 saturated heterocycles. The minimum absolute atomic E-state index is 0.572. The van der Waals surface area contributed by atoms with Crippen molar-refractivity contribution in [1.82, 2.24) is 0 Å². The molecule has 0 radical (unpaired) electrons. The lowest BCUT2D eigenvalue weighted by molar-refractivity contribution is 0.578. The molecule has 14 heavy (non-hydrogen) atoms. The Morgan fingerprint density at radius 2 is 2.21 bits per heavy atom. The van der Waals surface area contributed by atoms with Crippen molar-refractivity contribution in [2.45, 2.75) is 6.92 Å². The molecule has 2 rings (SSSR count). The Bertz CT molecular complexity index is 468. The number of furan rings is 1. The van der Waals surface area contributed by atoms with Crippen LogP contribution in [-0.2, 0) is 0 Å². The molecule has 0 bridgehead atoms. The molecule has 0 saturated carbocycles. The fourth-order valence-corrected chi connectivity index (χ4v) is 1.50. The first-order valence-corrected chi connectivity index (χ1v) is 4.66. The zero-order valence-corrected chi connectivity index (χ0v) is 8.16. The number of benzene rings is 1. The molecule has 1 aromatic carbocycles. The third-order valence-corrected chi connectivity index (χ3v) is 2.11. The van der Waals surface area contributed by atoms with Crippen LogP contribution in [0.4, 0.5) is 0 Å². The van der Waals surface area contributed by atoms with Gasteiger partial charge in [0, 0.05) is 11.9 Å². The van der Waals surface area contributed by atoms with E-state index >= 15 is 0 Å². The van der Waals surface area contributed by atoms with Gasteiger partial charge in [0.1, 0.15) is 11.3 Å². The number of fused-ring (bicyclic) bond motifs is 1. The summed E-state index contributed by atoms with van der Waals surface area (Å²) in [6, 6.07) is 8.14. The second kappa shape index (κ2) is 3.68. The van der Waals surface area contributed by atoms with E-state index in [1.807, 2.05) is 37.3 Å². The van der Waals surface area contributed by atoms with Gasteiger partial charge in [-0.25, -0.2) is 0 Å². The van der Waals surface area contributed by atoms with E-state index in [4.69, 9.17) is 10.2 Å². The third kappa shape index (κ3) is 1.70. The van der Waals surface area contributed by atoms with Crippen LogP contribution in [0, 0.1) is 6.92 Å². The lowest BCUT2D eigenvalue weighted by atomic mass is 10.1. The average Bonchev–Trinajstić information content (AvgIpc) is 2.54. The van der Waals surface area contributed by atoms with Gasteiger partial charge < -0.3 is 10.2 Å². The maximum atomic E-state index is 5.48. The van der Waals surface area contributed by atoms with E-state index in [1.54, 1.807) is 0 Å². The van der Waals surface area contributed by atoms with Crippen molar-refractivity contribution in [3.8, 4) is 0 Å². The lowest BCUT2D eigenvalue weighted by Gasteiger charge is -1.92. The van der Waals surface area contributed by atoms with Crippen LogP contribution in [0.2, 0.25) is 0 Å². The predicted molar refractivity (Wildman–Crippen MR) is 59.0 cm³/mol. The van der Waals surface area contributed by atoms with Crippen LogP contribution in [0.1, 0.15) is 11.3 Å². The van der Waals surface area contributed by atoms with Crippen molar-refractivity contribution in [1.29, 1.82) is 0 Å². The predicted octanol–water partition coefficient (Wildman–Crippen LogP) is 2.71. The van der Waals surface area contributed by atoms with Crippen LogP contribution in [0.3, 0.4) is 0 Å². The Labute approximate surface area is 83.0 Å². The second-order valence-corrected chi connectivity index (χ2v) is 3.29. The Morgan fingerprint density at radius 3 is 3.00 bits per heavy atom. The van der Waals surface area contributed by atoms with Crippen LogP contribution in [-0.4, -0.2) is 6.54 Å². The minimum atomic E-state index is 0.572. The molecule has 2 nitrogen and oxygen atoms in total. The highest BCUT2D eigenvalue weighted by Gasteiger charge is 1.99. The van der Waals surface area contributed by atoms with Gasteiger partial charge in [-0.3, -0.25) is 0 Å². The highest BCUT2D eigenvalue weighted by atomic mass is 16.3. The summed E-state index contributed by atoms with van der Waals surface area (Å²) in [4.78, 5) is 0. The van der Waals surface area contributed by atoms with Gasteiger partial charge in [-0.15, -0.1) is 0 Å². The molecule has 0 spiro atoms. The van der Waals surface area contributed by atoms with Gasteiger partial charge >= 0.3 is 0 Å². The van der Waals surface area contributed by atoms with E-state index in [9.17, 15) is 0 Å². The first-order chi connectivity index (χ1) is 6.79. The standard InChI is InChI=1S/C12H13NO/c1-9-7-11-8-10(3-2-6-13)4-5-12(11)14-9/h2-5,7-8H,6,13H2,1H3/b3-2+.